The average Bonchev–Trinajstić information content (AvgIpc) is 2.33. The minimum absolute atomic E-state index is 0.314. The van der Waals surface area contributed by atoms with E-state index in [1.807, 2.05) is 43.3 Å². The van der Waals surface area contributed by atoms with Gasteiger partial charge in [0.25, 0.3) is 0 Å². The number of aliphatic hydroxyl groups is 1. The van der Waals surface area contributed by atoms with Crippen molar-refractivity contribution in [1.82, 2.24) is 0 Å². The summed E-state index contributed by atoms with van der Waals surface area (Å²) in [4.78, 5) is 0. The van der Waals surface area contributed by atoms with Crippen LogP contribution in [0.5, 0.6) is 5.75 Å². The molecular formula is C15H16O2. The highest BCUT2D eigenvalue weighted by Gasteiger charge is 2.03. The summed E-state index contributed by atoms with van der Waals surface area (Å²) in [7, 11) is 0. The molecule has 0 aromatic heterocycles. The Balaban J connectivity index is 2.36. The molecule has 0 fully saturated rings. The molecule has 0 aliphatic rings. The van der Waals surface area contributed by atoms with Gasteiger partial charge in [-0.25, -0.2) is 0 Å². The van der Waals surface area contributed by atoms with Crippen LogP contribution in [0.15, 0.2) is 42.5 Å². The van der Waals surface area contributed by atoms with Gasteiger partial charge in [-0.15, -0.1) is 0 Å². The van der Waals surface area contributed by atoms with Crippen molar-refractivity contribution >= 4 is 0 Å². The van der Waals surface area contributed by atoms with Gasteiger partial charge in [0.05, 0.1) is 6.10 Å². The molecule has 0 bridgehead atoms. The summed E-state index contributed by atoms with van der Waals surface area (Å²) >= 11 is 0. The van der Waals surface area contributed by atoms with E-state index < -0.39 is 6.10 Å². The minimum Gasteiger partial charge on any atom is -0.508 e. The lowest BCUT2D eigenvalue weighted by molar-refractivity contribution is 0.199. The number of aliphatic hydroxyl groups excluding tert-OH is 1. The Morgan fingerprint density at radius 3 is 2.06 bits per heavy atom. The standard InChI is InChI=1S/C15H16O2/c1-10-9-14(7-8-15(10)17)13-5-3-12(4-6-13)11(2)16/h3-9,11,16-17H,1-2H3. The molecule has 88 valence electrons. The number of aromatic hydroxyl groups is 1. The van der Waals surface area contributed by atoms with E-state index in [-0.39, 0.29) is 0 Å². The highest BCUT2D eigenvalue weighted by Crippen LogP contribution is 2.26. The number of aryl methyl sites for hydroxylation is 1. The molecule has 1 atom stereocenters. The van der Waals surface area contributed by atoms with Crippen molar-refractivity contribution in [2.75, 3.05) is 0 Å². The molecule has 0 saturated heterocycles. The van der Waals surface area contributed by atoms with Crippen molar-refractivity contribution in [3.05, 3.63) is 53.6 Å². The minimum atomic E-state index is -0.439. The van der Waals surface area contributed by atoms with Gasteiger partial charge in [-0.2, -0.15) is 0 Å². The molecule has 2 rings (SSSR count). The SMILES string of the molecule is Cc1cc(-c2ccc(C(C)O)cc2)ccc1O. The van der Waals surface area contributed by atoms with Crippen molar-refractivity contribution in [2.45, 2.75) is 20.0 Å². The normalized spacial score (nSPS) is 12.4. The van der Waals surface area contributed by atoms with Crippen LogP contribution in [0.1, 0.15) is 24.2 Å². The summed E-state index contributed by atoms with van der Waals surface area (Å²) in [6.07, 6.45) is -0.439. The van der Waals surface area contributed by atoms with E-state index in [1.54, 1.807) is 13.0 Å². The molecule has 2 heteroatoms. The molecule has 0 saturated carbocycles. The van der Waals surface area contributed by atoms with E-state index in [0.717, 1.165) is 22.3 Å². The van der Waals surface area contributed by atoms with E-state index in [2.05, 4.69) is 0 Å². The molecule has 2 nitrogen and oxygen atoms in total. The topological polar surface area (TPSA) is 40.5 Å². The number of phenols is 1. The summed E-state index contributed by atoms with van der Waals surface area (Å²) in [5, 5.41) is 18.9. The molecule has 0 heterocycles. The molecule has 17 heavy (non-hydrogen) atoms. The Morgan fingerprint density at radius 2 is 1.53 bits per heavy atom. The van der Waals surface area contributed by atoms with Crippen LogP contribution in [0.3, 0.4) is 0 Å². The second kappa shape index (κ2) is 4.60. The fourth-order valence-electron chi connectivity index (χ4n) is 1.79. The quantitative estimate of drug-likeness (QED) is 0.826. The highest BCUT2D eigenvalue weighted by atomic mass is 16.3. The molecule has 0 radical (unpaired) electrons. The Kier molecular flexibility index (Phi) is 3.16. The maximum atomic E-state index is 9.47. The molecule has 0 amide bonds. The predicted molar refractivity (Wildman–Crippen MR) is 68.9 cm³/mol. The third-order valence-corrected chi connectivity index (χ3v) is 2.92. The van der Waals surface area contributed by atoms with Gasteiger partial charge in [-0.3, -0.25) is 0 Å². The zero-order valence-electron chi connectivity index (χ0n) is 10.0. The smallest absolute Gasteiger partial charge is 0.118 e. The van der Waals surface area contributed by atoms with Gasteiger partial charge in [0.1, 0.15) is 5.75 Å². The van der Waals surface area contributed by atoms with Crippen molar-refractivity contribution in [2.24, 2.45) is 0 Å². The summed E-state index contributed by atoms with van der Waals surface area (Å²) in [6.45, 7) is 3.63. The largest absolute Gasteiger partial charge is 0.508 e. The second-order valence-corrected chi connectivity index (χ2v) is 4.30. The van der Waals surface area contributed by atoms with Crippen LogP contribution in [-0.4, -0.2) is 10.2 Å². The van der Waals surface area contributed by atoms with Crippen molar-refractivity contribution in [1.29, 1.82) is 0 Å². The molecule has 2 aromatic carbocycles. The van der Waals surface area contributed by atoms with Crippen molar-refractivity contribution in [3.63, 3.8) is 0 Å². The van der Waals surface area contributed by atoms with Crippen LogP contribution >= 0.6 is 0 Å². The van der Waals surface area contributed by atoms with Crippen LogP contribution in [0.25, 0.3) is 11.1 Å². The molecule has 2 N–H and O–H groups in total. The van der Waals surface area contributed by atoms with E-state index in [9.17, 15) is 10.2 Å². The molecule has 2 aromatic rings. The third-order valence-electron chi connectivity index (χ3n) is 2.92. The molecule has 0 aliphatic heterocycles. The van der Waals surface area contributed by atoms with E-state index in [4.69, 9.17) is 0 Å². The first-order chi connectivity index (χ1) is 8.08. The number of rotatable bonds is 2. The van der Waals surface area contributed by atoms with Crippen LogP contribution in [0.4, 0.5) is 0 Å². The lowest BCUT2D eigenvalue weighted by Gasteiger charge is -2.07. The highest BCUT2D eigenvalue weighted by molar-refractivity contribution is 5.65. The zero-order chi connectivity index (χ0) is 12.4. The lowest BCUT2D eigenvalue weighted by atomic mass is 10.0. The van der Waals surface area contributed by atoms with E-state index in [1.165, 1.54) is 0 Å². The van der Waals surface area contributed by atoms with Gasteiger partial charge in [0.2, 0.25) is 0 Å². The van der Waals surface area contributed by atoms with E-state index >= 15 is 0 Å². The zero-order valence-corrected chi connectivity index (χ0v) is 10.0. The molecular weight excluding hydrogens is 212 g/mol. The Bertz CT molecular complexity index is 513. The maximum absolute atomic E-state index is 9.47. The summed E-state index contributed by atoms with van der Waals surface area (Å²) in [5.74, 6) is 0.314. The third kappa shape index (κ3) is 2.48. The summed E-state index contributed by atoms with van der Waals surface area (Å²) in [5.41, 5.74) is 3.92. The maximum Gasteiger partial charge on any atom is 0.118 e. The summed E-state index contributed by atoms with van der Waals surface area (Å²) < 4.78 is 0. The van der Waals surface area contributed by atoms with Crippen LogP contribution in [0, 0.1) is 6.92 Å². The number of phenolic OH excluding ortho intramolecular Hbond substituents is 1. The van der Waals surface area contributed by atoms with Crippen LogP contribution in [0.2, 0.25) is 0 Å². The van der Waals surface area contributed by atoms with E-state index in [0.29, 0.717) is 5.75 Å². The molecule has 0 spiro atoms. The second-order valence-electron chi connectivity index (χ2n) is 4.30. The summed E-state index contributed by atoms with van der Waals surface area (Å²) in [6, 6.07) is 13.3. The fraction of sp³-hybridized carbons (Fsp3) is 0.200. The van der Waals surface area contributed by atoms with Gasteiger partial charge in [0, 0.05) is 0 Å². The lowest BCUT2D eigenvalue weighted by Crippen LogP contribution is -1.90. The average molecular weight is 228 g/mol. The monoisotopic (exact) mass is 228 g/mol. The molecule has 1 unspecified atom stereocenters. The van der Waals surface area contributed by atoms with Gasteiger partial charge in [-0.05, 0) is 48.2 Å². The predicted octanol–water partition coefficient (Wildman–Crippen LogP) is 3.42. The first-order valence-corrected chi connectivity index (χ1v) is 5.66. The van der Waals surface area contributed by atoms with Gasteiger partial charge in [-0.1, -0.05) is 30.3 Å². The van der Waals surface area contributed by atoms with Crippen LogP contribution in [-0.2, 0) is 0 Å². The van der Waals surface area contributed by atoms with Crippen LogP contribution < -0.4 is 0 Å². The number of hydrogen-bond acceptors (Lipinski definition) is 2. The van der Waals surface area contributed by atoms with Gasteiger partial charge >= 0.3 is 0 Å². The molecule has 0 aliphatic carbocycles. The number of hydrogen-bond donors (Lipinski definition) is 2. The fourth-order valence-corrected chi connectivity index (χ4v) is 1.79. The Labute approximate surface area is 101 Å². The van der Waals surface area contributed by atoms with Crippen molar-refractivity contribution in [3.8, 4) is 16.9 Å². The van der Waals surface area contributed by atoms with Gasteiger partial charge in [0.15, 0.2) is 0 Å². The van der Waals surface area contributed by atoms with Gasteiger partial charge < -0.3 is 10.2 Å². The first kappa shape index (κ1) is 11.7. The number of benzene rings is 2. The van der Waals surface area contributed by atoms with Crippen molar-refractivity contribution < 1.29 is 10.2 Å². The Morgan fingerprint density at radius 1 is 0.941 bits per heavy atom. The Hall–Kier alpha value is -1.80. The first-order valence-electron chi connectivity index (χ1n) is 5.66.